The molecule has 2 N–H and O–H groups in total. The third-order valence-electron chi connectivity index (χ3n) is 2.59. The Kier molecular flexibility index (Phi) is 4.32. The summed E-state index contributed by atoms with van der Waals surface area (Å²) in [5, 5.41) is 3.30. The van der Waals surface area contributed by atoms with Crippen molar-refractivity contribution in [2.75, 3.05) is 19.6 Å². The van der Waals surface area contributed by atoms with Gasteiger partial charge < -0.3 is 15.2 Å². The van der Waals surface area contributed by atoms with Crippen LogP contribution < -0.4 is 5.32 Å². The second-order valence-electron chi connectivity index (χ2n) is 3.99. The number of aromatic amines is 1. The largest absolute Gasteiger partial charge is 0.338 e. The number of piperazine rings is 1. The molecule has 1 aromatic heterocycles. The highest BCUT2D eigenvalue weighted by Crippen LogP contribution is 2.05. The minimum absolute atomic E-state index is 0. The second kappa shape index (κ2) is 5.32. The predicted molar refractivity (Wildman–Crippen MR) is 63.9 cm³/mol. The minimum atomic E-state index is 0. The number of aryl methyl sites for hydroxylation is 1. The van der Waals surface area contributed by atoms with Gasteiger partial charge in [0.1, 0.15) is 11.5 Å². The zero-order chi connectivity index (χ0) is 10.8. The SMILES string of the molecule is Cc1ncc(C(=O)N2CCN[C@@H](C)C2)[nH]1.Cl. The first-order valence-corrected chi connectivity index (χ1v) is 5.21. The standard InChI is InChI=1S/C10H16N4O.ClH/c1-7-6-14(4-3-11-7)10(15)9-5-12-8(2)13-9;/h5,7,11H,3-4,6H2,1-2H3,(H,12,13);1H/t7-;/m0./s1. The summed E-state index contributed by atoms with van der Waals surface area (Å²) in [4.78, 5) is 20.8. The number of carbonyl (C=O) groups is 1. The molecule has 0 aromatic carbocycles. The molecule has 2 rings (SSSR count). The van der Waals surface area contributed by atoms with Crippen LogP contribution in [0.5, 0.6) is 0 Å². The predicted octanol–water partition coefficient (Wildman–Crippen LogP) is 0.574. The fourth-order valence-electron chi connectivity index (χ4n) is 1.82. The molecule has 1 aliphatic rings. The summed E-state index contributed by atoms with van der Waals surface area (Å²) in [7, 11) is 0. The molecule has 1 aromatic rings. The van der Waals surface area contributed by atoms with Crippen molar-refractivity contribution < 1.29 is 4.79 Å². The molecule has 1 aliphatic heterocycles. The number of rotatable bonds is 1. The number of nitrogens with one attached hydrogen (secondary N) is 2. The fourth-order valence-corrected chi connectivity index (χ4v) is 1.82. The smallest absolute Gasteiger partial charge is 0.272 e. The van der Waals surface area contributed by atoms with E-state index in [0.717, 1.165) is 25.5 Å². The van der Waals surface area contributed by atoms with Gasteiger partial charge in [0.15, 0.2) is 0 Å². The molecular weight excluding hydrogens is 228 g/mol. The normalized spacial score (nSPS) is 20.4. The average Bonchev–Trinajstić information content (AvgIpc) is 2.64. The van der Waals surface area contributed by atoms with E-state index in [0.29, 0.717) is 11.7 Å². The van der Waals surface area contributed by atoms with Gasteiger partial charge in [-0.1, -0.05) is 0 Å². The van der Waals surface area contributed by atoms with Crippen molar-refractivity contribution in [3.8, 4) is 0 Å². The summed E-state index contributed by atoms with van der Waals surface area (Å²) in [6.07, 6.45) is 1.60. The van der Waals surface area contributed by atoms with E-state index in [9.17, 15) is 4.79 Å². The van der Waals surface area contributed by atoms with Gasteiger partial charge in [0.05, 0.1) is 6.20 Å². The second-order valence-corrected chi connectivity index (χ2v) is 3.99. The monoisotopic (exact) mass is 244 g/mol. The minimum Gasteiger partial charge on any atom is -0.338 e. The molecule has 5 nitrogen and oxygen atoms in total. The number of nitrogens with zero attached hydrogens (tertiary/aromatic N) is 2. The van der Waals surface area contributed by atoms with Crippen LogP contribution in [0.25, 0.3) is 0 Å². The third-order valence-corrected chi connectivity index (χ3v) is 2.59. The van der Waals surface area contributed by atoms with Gasteiger partial charge in [-0.15, -0.1) is 12.4 Å². The van der Waals surface area contributed by atoms with E-state index in [1.165, 1.54) is 0 Å². The van der Waals surface area contributed by atoms with Gasteiger partial charge in [0, 0.05) is 25.7 Å². The Balaban J connectivity index is 0.00000128. The zero-order valence-electron chi connectivity index (χ0n) is 9.49. The topological polar surface area (TPSA) is 61.0 Å². The fraction of sp³-hybridized carbons (Fsp3) is 0.600. The van der Waals surface area contributed by atoms with Gasteiger partial charge in [-0.2, -0.15) is 0 Å². The molecule has 0 saturated carbocycles. The van der Waals surface area contributed by atoms with Crippen molar-refractivity contribution in [1.82, 2.24) is 20.2 Å². The van der Waals surface area contributed by atoms with Crippen LogP contribution in [0.4, 0.5) is 0 Å². The first-order valence-electron chi connectivity index (χ1n) is 5.21. The number of imidazole rings is 1. The van der Waals surface area contributed by atoms with Crippen LogP contribution in [-0.2, 0) is 0 Å². The Morgan fingerprint density at radius 1 is 1.62 bits per heavy atom. The Morgan fingerprint density at radius 2 is 2.38 bits per heavy atom. The van der Waals surface area contributed by atoms with Crippen LogP contribution in [0.3, 0.4) is 0 Å². The van der Waals surface area contributed by atoms with Gasteiger partial charge >= 0.3 is 0 Å². The van der Waals surface area contributed by atoms with Gasteiger partial charge in [0.25, 0.3) is 5.91 Å². The van der Waals surface area contributed by atoms with Gasteiger partial charge in [-0.3, -0.25) is 4.79 Å². The van der Waals surface area contributed by atoms with Gasteiger partial charge in [-0.25, -0.2) is 4.98 Å². The molecule has 2 heterocycles. The highest BCUT2D eigenvalue weighted by Gasteiger charge is 2.22. The number of hydrogen-bond donors (Lipinski definition) is 2. The highest BCUT2D eigenvalue weighted by atomic mass is 35.5. The summed E-state index contributed by atoms with van der Waals surface area (Å²) in [5.41, 5.74) is 0.585. The van der Waals surface area contributed by atoms with E-state index < -0.39 is 0 Å². The number of amides is 1. The average molecular weight is 245 g/mol. The molecular formula is C10H17ClN4O. The maximum atomic E-state index is 12.0. The Bertz CT molecular complexity index is 365. The molecule has 0 radical (unpaired) electrons. The van der Waals surface area contributed by atoms with Crippen molar-refractivity contribution in [3.63, 3.8) is 0 Å². The summed E-state index contributed by atoms with van der Waals surface area (Å²) < 4.78 is 0. The van der Waals surface area contributed by atoms with Crippen LogP contribution in [0, 0.1) is 6.92 Å². The summed E-state index contributed by atoms with van der Waals surface area (Å²) in [6, 6.07) is 0.367. The van der Waals surface area contributed by atoms with E-state index in [2.05, 4.69) is 22.2 Å². The van der Waals surface area contributed by atoms with E-state index in [1.807, 2.05) is 11.8 Å². The summed E-state index contributed by atoms with van der Waals surface area (Å²) >= 11 is 0. The van der Waals surface area contributed by atoms with Crippen molar-refractivity contribution in [2.24, 2.45) is 0 Å². The van der Waals surface area contributed by atoms with E-state index in [-0.39, 0.29) is 18.3 Å². The van der Waals surface area contributed by atoms with Crippen LogP contribution in [0.1, 0.15) is 23.2 Å². The van der Waals surface area contributed by atoms with E-state index in [1.54, 1.807) is 6.20 Å². The first-order chi connectivity index (χ1) is 7.16. The molecule has 1 amide bonds. The molecule has 0 bridgehead atoms. The molecule has 0 aliphatic carbocycles. The number of halogens is 1. The zero-order valence-corrected chi connectivity index (χ0v) is 10.3. The Labute approximate surface area is 101 Å². The molecule has 1 fully saturated rings. The lowest BCUT2D eigenvalue weighted by Gasteiger charge is -2.31. The molecule has 16 heavy (non-hydrogen) atoms. The first kappa shape index (κ1) is 13.0. The van der Waals surface area contributed by atoms with E-state index >= 15 is 0 Å². The molecule has 0 unspecified atom stereocenters. The summed E-state index contributed by atoms with van der Waals surface area (Å²) in [6.45, 7) is 6.31. The maximum Gasteiger partial charge on any atom is 0.272 e. The van der Waals surface area contributed by atoms with Crippen LogP contribution in [-0.4, -0.2) is 46.5 Å². The summed E-state index contributed by atoms with van der Waals surface area (Å²) in [5.74, 6) is 0.825. The number of carbonyl (C=O) groups excluding carboxylic acids is 1. The number of aromatic nitrogens is 2. The Hall–Kier alpha value is -1.07. The van der Waals surface area contributed by atoms with Crippen molar-refractivity contribution in [3.05, 3.63) is 17.7 Å². The molecule has 6 heteroatoms. The maximum absolute atomic E-state index is 12.0. The van der Waals surface area contributed by atoms with Crippen LogP contribution >= 0.6 is 12.4 Å². The number of hydrogen-bond acceptors (Lipinski definition) is 3. The quantitative estimate of drug-likeness (QED) is 0.760. The van der Waals surface area contributed by atoms with Crippen molar-refractivity contribution in [2.45, 2.75) is 19.9 Å². The Morgan fingerprint density at radius 3 is 2.94 bits per heavy atom. The lowest BCUT2D eigenvalue weighted by atomic mass is 10.2. The van der Waals surface area contributed by atoms with Crippen LogP contribution in [0.15, 0.2) is 6.20 Å². The lowest BCUT2D eigenvalue weighted by Crippen LogP contribution is -2.51. The van der Waals surface area contributed by atoms with Gasteiger partial charge in [-0.05, 0) is 13.8 Å². The third kappa shape index (κ3) is 2.74. The van der Waals surface area contributed by atoms with E-state index in [4.69, 9.17) is 0 Å². The molecule has 1 atom stereocenters. The molecule has 0 spiro atoms. The highest BCUT2D eigenvalue weighted by molar-refractivity contribution is 5.92. The van der Waals surface area contributed by atoms with Gasteiger partial charge in [0.2, 0.25) is 0 Å². The number of H-pyrrole nitrogens is 1. The van der Waals surface area contributed by atoms with Crippen molar-refractivity contribution in [1.29, 1.82) is 0 Å². The molecule has 90 valence electrons. The van der Waals surface area contributed by atoms with Crippen LogP contribution in [0.2, 0.25) is 0 Å². The van der Waals surface area contributed by atoms with Crippen molar-refractivity contribution >= 4 is 18.3 Å². The lowest BCUT2D eigenvalue weighted by molar-refractivity contribution is 0.0703. The molecule has 1 saturated heterocycles.